The van der Waals surface area contributed by atoms with Gasteiger partial charge in [-0.15, -0.1) is 0 Å². The van der Waals surface area contributed by atoms with Crippen molar-refractivity contribution in [3.05, 3.63) is 90.0 Å². The second-order valence-electron chi connectivity index (χ2n) is 7.23. The fourth-order valence-corrected chi connectivity index (χ4v) is 3.38. The number of morpholine rings is 1. The normalized spacial score (nSPS) is 13.8. The molecular formula is C26H23N3O3. The van der Waals surface area contributed by atoms with Gasteiger partial charge in [-0.05, 0) is 48.0 Å². The van der Waals surface area contributed by atoms with Crippen molar-refractivity contribution in [3.63, 3.8) is 0 Å². The number of nitrogens with zero attached hydrogens (tertiary/aromatic N) is 2. The monoisotopic (exact) mass is 425 g/mol. The number of rotatable bonds is 6. The molecule has 4 rings (SSSR count). The molecular weight excluding hydrogens is 402 g/mol. The minimum Gasteiger partial charge on any atom is -0.455 e. The van der Waals surface area contributed by atoms with Gasteiger partial charge in [-0.3, -0.25) is 4.79 Å². The molecule has 32 heavy (non-hydrogen) atoms. The average molecular weight is 425 g/mol. The molecule has 160 valence electrons. The van der Waals surface area contributed by atoms with E-state index in [1.54, 1.807) is 24.3 Å². The molecule has 1 N–H and O–H groups in total. The van der Waals surface area contributed by atoms with E-state index >= 15 is 0 Å². The number of benzene rings is 3. The topological polar surface area (TPSA) is 74.6 Å². The molecule has 1 aliphatic heterocycles. The highest BCUT2D eigenvalue weighted by Gasteiger charge is 2.14. The van der Waals surface area contributed by atoms with Crippen LogP contribution in [-0.2, 0) is 9.53 Å². The maximum absolute atomic E-state index is 12.8. The summed E-state index contributed by atoms with van der Waals surface area (Å²) in [5.74, 6) is 0.665. The van der Waals surface area contributed by atoms with Crippen LogP contribution >= 0.6 is 0 Å². The molecule has 1 heterocycles. The van der Waals surface area contributed by atoms with E-state index in [-0.39, 0.29) is 5.57 Å². The third-order valence-electron chi connectivity index (χ3n) is 5.05. The molecule has 3 aromatic carbocycles. The molecule has 1 saturated heterocycles. The number of nitrogens with one attached hydrogen (secondary N) is 1. The van der Waals surface area contributed by atoms with Gasteiger partial charge in [0.15, 0.2) is 5.75 Å². The second-order valence-corrected chi connectivity index (χ2v) is 7.23. The summed E-state index contributed by atoms with van der Waals surface area (Å²) in [6.45, 7) is 3.14. The fourth-order valence-electron chi connectivity index (χ4n) is 3.38. The van der Waals surface area contributed by atoms with Crippen LogP contribution in [0.15, 0.2) is 84.4 Å². The molecule has 0 aliphatic carbocycles. The first-order chi connectivity index (χ1) is 15.7. The number of para-hydroxylation sites is 3. The standard InChI is InChI=1S/C26H23N3O3/c27-19-21(18-20-10-12-22(13-11-20)29-14-16-31-17-15-29)26(30)28-24-8-4-5-9-25(24)32-23-6-2-1-3-7-23/h1-13,18H,14-17H2,(H,28,30)/b21-18-. The summed E-state index contributed by atoms with van der Waals surface area (Å²) in [5, 5.41) is 12.4. The number of amides is 1. The van der Waals surface area contributed by atoms with Crippen LogP contribution in [0.1, 0.15) is 5.56 Å². The van der Waals surface area contributed by atoms with E-state index in [4.69, 9.17) is 9.47 Å². The summed E-state index contributed by atoms with van der Waals surface area (Å²) in [7, 11) is 0. The molecule has 6 nitrogen and oxygen atoms in total. The van der Waals surface area contributed by atoms with Gasteiger partial charge in [0.05, 0.1) is 18.9 Å². The lowest BCUT2D eigenvalue weighted by Crippen LogP contribution is -2.36. The lowest BCUT2D eigenvalue weighted by molar-refractivity contribution is -0.112. The summed E-state index contributed by atoms with van der Waals surface area (Å²) >= 11 is 0. The van der Waals surface area contributed by atoms with Gasteiger partial charge in [0.25, 0.3) is 5.91 Å². The van der Waals surface area contributed by atoms with Crippen molar-refractivity contribution in [2.24, 2.45) is 0 Å². The number of nitriles is 1. The van der Waals surface area contributed by atoms with Gasteiger partial charge in [-0.25, -0.2) is 0 Å². The first-order valence-electron chi connectivity index (χ1n) is 10.4. The molecule has 0 radical (unpaired) electrons. The summed E-state index contributed by atoms with van der Waals surface area (Å²) in [6, 6.07) is 26.2. The Morgan fingerprint density at radius 2 is 1.66 bits per heavy atom. The van der Waals surface area contributed by atoms with Gasteiger partial charge < -0.3 is 19.7 Å². The van der Waals surface area contributed by atoms with Crippen molar-refractivity contribution in [1.82, 2.24) is 0 Å². The molecule has 0 atom stereocenters. The Labute approximate surface area is 187 Å². The van der Waals surface area contributed by atoms with Crippen molar-refractivity contribution < 1.29 is 14.3 Å². The Balaban J connectivity index is 1.48. The van der Waals surface area contributed by atoms with E-state index in [0.29, 0.717) is 17.2 Å². The molecule has 1 aliphatic rings. The molecule has 1 fully saturated rings. The number of hydrogen-bond donors (Lipinski definition) is 1. The van der Waals surface area contributed by atoms with Crippen LogP contribution in [0, 0.1) is 11.3 Å². The predicted molar refractivity (Wildman–Crippen MR) is 125 cm³/mol. The number of ether oxygens (including phenoxy) is 2. The molecule has 0 saturated carbocycles. The number of anilines is 2. The van der Waals surface area contributed by atoms with E-state index in [1.165, 1.54) is 0 Å². The second kappa shape index (κ2) is 10.3. The Bertz CT molecular complexity index is 1130. The maximum atomic E-state index is 12.8. The highest BCUT2D eigenvalue weighted by Crippen LogP contribution is 2.29. The summed E-state index contributed by atoms with van der Waals surface area (Å²) in [6.07, 6.45) is 1.58. The minimum atomic E-state index is -0.492. The van der Waals surface area contributed by atoms with Crippen molar-refractivity contribution in [2.75, 3.05) is 36.5 Å². The predicted octanol–water partition coefficient (Wildman–Crippen LogP) is 4.86. The van der Waals surface area contributed by atoms with Crippen LogP contribution < -0.4 is 15.0 Å². The van der Waals surface area contributed by atoms with Crippen molar-refractivity contribution in [3.8, 4) is 17.6 Å². The smallest absolute Gasteiger partial charge is 0.266 e. The first kappa shape index (κ1) is 21.2. The summed E-state index contributed by atoms with van der Waals surface area (Å²) in [4.78, 5) is 15.0. The van der Waals surface area contributed by atoms with Gasteiger partial charge in [-0.2, -0.15) is 5.26 Å². The van der Waals surface area contributed by atoms with Gasteiger partial charge in [-0.1, -0.05) is 42.5 Å². The zero-order valence-corrected chi connectivity index (χ0v) is 17.5. The third-order valence-corrected chi connectivity index (χ3v) is 5.05. The van der Waals surface area contributed by atoms with Crippen molar-refractivity contribution in [2.45, 2.75) is 0 Å². The zero-order chi connectivity index (χ0) is 22.2. The fraction of sp³-hybridized carbons (Fsp3) is 0.154. The number of hydrogen-bond acceptors (Lipinski definition) is 5. The molecule has 0 bridgehead atoms. The third kappa shape index (κ3) is 5.34. The Morgan fingerprint density at radius 3 is 2.38 bits per heavy atom. The van der Waals surface area contributed by atoms with Gasteiger partial charge in [0, 0.05) is 18.8 Å². The van der Waals surface area contributed by atoms with E-state index in [0.717, 1.165) is 37.6 Å². The van der Waals surface area contributed by atoms with Crippen molar-refractivity contribution >= 4 is 23.4 Å². The summed E-state index contributed by atoms with van der Waals surface area (Å²) < 4.78 is 11.3. The Morgan fingerprint density at radius 1 is 0.969 bits per heavy atom. The maximum Gasteiger partial charge on any atom is 0.266 e. The van der Waals surface area contributed by atoms with Crippen LogP contribution in [0.4, 0.5) is 11.4 Å². The van der Waals surface area contributed by atoms with E-state index < -0.39 is 5.91 Å². The number of carbonyl (C=O) groups excluding carboxylic acids is 1. The Hall–Kier alpha value is -4.08. The van der Waals surface area contributed by atoms with E-state index in [2.05, 4.69) is 10.2 Å². The molecule has 0 spiro atoms. The lowest BCUT2D eigenvalue weighted by Gasteiger charge is -2.28. The molecule has 6 heteroatoms. The minimum absolute atomic E-state index is 0.0126. The highest BCUT2D eigenvalue weighted by molar-refractivity contribution is 6.10. The van der Waals surface area contributed by atoms with Gasteiger partial charge >= 0.3 is 0 Å². The molecule has 3 aromatic rings. The van der Waals surface area contributed by atoms with Gasteiger partial charge in [0.2, 0.25) is 0 Å². The van der Waals surface area contributed by atoms with Crippen molar-refractivity contribution in [1.29, 1.82) is 5.26 Å². The summed E-state index contributed by atoms with van der Waals surface area (Å²) in [5.41, 5.74) is 2.38. The molecule has 0 aromatic heterocycles. The quantitative estimate of drug-likeness (QED) is 0.451. The molecule has 1 amide bonds. The first-order valence-corrected chi connectivity index (χ1v) is 10.4. The SMILES string of the molecule is N#C/C(=C/c1ccc(N2CCOCC2)cc1)C(=O)Nc1ccccc1Oc1ccccc1. The average Bonchev–Trinajstić information content (AvgIpc) is 2.85. The van der Waals surface area contributed by atoms with Crippen LogP contribution in [0.3, 0.4) is 0 Å². The van der Waals surface area contributed by atoms with Crippen LogP contribution in [0.2, 0.25) is 0 Å². The Kier molecular flexibility index (Phi) is 6.81. The van der Waals surface area contributed by atoms with E-state index in [1.807, 2.05) is 66.7 Å². The van der Waals surface area contributed by atoms with Gasteiger partial charge in [0.1, 0.15) is 17.4 Å². The zero-order valence-electron chi connectivity index (χ0n) is 17.5. The van der Waals surface area contributed by atoms with E-state index in [9.17, 15) is 10.1 Å². The number of carbonyl (C=O) groups is 1. The highest BCUT2D eigenvalue weighted by atomic mass is 16.5. The lowest BCUT2D eigenvalue weighted by atomic mass is 10.1. The molecule has 0 unspecified atom stereocenters. The van der Waals surface area contributed by atoms with Crippen LogP contribution in [0.5, 0.6) is 11.5 Å². The van der Waals surface area contributed by atoms with Crippen LogP contribution in [-0.4, -0.2) is 32.2 Å². The van der Waals surface area contributed by atoms with Crippen LogP contribution in [0.25, 0.3) is 6.08 Å². The largest absolute Gasteiger partial charge is 0.455 e.